The van der Waals surface area contributed by atoms with E-state index in [1.54, 1.807) is 38.2 Å². The van der Waals surface area contributed by atoms with Gasteiger partial charge < -0.3 is 24.1 Å². The van der Waals surface area contributed by atoms with Gasteiger partial charge in [0.15, 0.2) is 0 Å². The van der Waals surface area contributed by atoms with E-state index in [0.29, 0.717) is 54.6 Å². The molecule has 2 aromatic carbocycles. The molecule has 0 bridgehead atoms. The van der Waals surface area contributed by atoms with Gasteiger partial charge in [-0.05, 0) is 62.9 Å². The number of rotatable bonds is 9. The summed E-state index contributed by atoms with van der Waals surface area (Å²) in [6.07, 6.45) is 7.02. The van der Waals surface area contributed by atoms with E-state index < -0.39 is 11.7 Å². The maximum absolute atomic E-state index is 15.0. The molecule has 3 aromatic rings. The van der Waals surface area contributed by atoms with Gasteiger partial charge in [-0.2, -0.15) is 0 Å². The highest BCUT2D eigenvalue weighted by Crippen LogP contribution is 2.44. The number of nitrogens with zero attached hydrogens (tertiary/aromatic N) is 1. The largest absolute Gasteiger partial charge is 0.492 e. The smallest absolute Gasteiger partial charge is 0.306 e. The lowest BCUT2D eigenvalue weighted by Crippen LogP contribution is -2.16. The summed E-state index contributed by atoms with van der Waals surface area (Å²) in [5.41, 5.74) is 2.32. The lowest BCUT2D eigenvalue weighted by atomic mass is 9.98. The second kappa shape index (κ2) is 11.1. The number of hydrogen-bond acceptors (Lipinski definition) is 7. The lowest BCUT2D eigenvalue weighted by molar-refractivity contribution is -0.141. The van der Waals surface area contributed by atoms with Crippen LogP contribution in [0.1, 0.15) is 67.4 Å². The molecule has 1 aliphatic carbocycles. The van der Waals surface area contributed by atoms with Crippen LogP contribution in [-0.2, 0) is 16.0 Å². The Bertz CT molecular complexity index is 1380. The van der Waals surface area contributed by atoms with E-state index in [2.05, 4.69) is 4.98 Å². The molecule has 1 aliphatic heterocycles. The van der Waals surface area contributed by atoms with Gasteiger partial charge >= 0.3 is 5.97 Å². The highest BCUT2D eigenvalue weighted by molar-refractivity contribution is 5.71. The van der Waals surface area contributed by atoms with Gasteiger partial charge in [0.1, 0.15) is 29.2 Å². The number of pyridine rings is 1. The first-order chi connectivity index (χ1) is 18.7. The van der Waals surface area contributed by atoms with Gasteiger partial charge in [-0.1, -0.05) is 18.2 Å². The predicted octanol–water partition coefficient (Wildman–Crippen LogP) is 6.29. The molecule has 0 saturated carbocycles. The number of hydrogen-bond donors (Lipinski definition) is 1. The average molecular weight is 534 g/mol. The van der Waals surface area contributed by atoms with Crippen LogP contribution < -0.4 is 14.2 Å². The van der Waals surface area contributed by atoms with Gasteiger partial charge in [0.25, 0.3) is 0 Å². The molecule has 0 fully saturated rings. The van der Waals surface area contributed by atoms with E-state index >= 15 is 0 Å². The Morgan fingerprint density at radius 2 is 2.08 bits per heavy atom. The number of methoxy groups -OCH3 is 1. The van der Waals surface area contributed by atoms with Crippen molar-refractivity contribution in [3.05, 3.63) is 82.8 Å². The van der Waals surface area contributed by atoms with Crippen molar-refractivity contribution in [1.82, 2.24) is 4.98 Å². The first-order valence-corrected chi connectivity index (χ1v) is 13.0. The molecule has 2 atom stereocenters. The van der Waals surface area contributed by atoms with E-state index in [9.17, 15) is 14.3 Å². The predicted molar refractivity (Wildman–Crippen MR) is 144 cm³/mol. The molecule has 1 N–H and O–H groups in total. The SMILES string of the molecule is COC(=O)C[C@@H]1COc2cc(O[C@@H]3CCc4c(Oc5ccc(/C=C/CC(C)(C)O)cn5)ccc(F)c43)ccc21. The van der Waals surface area contributed by atoms with Gasteiger partial charge in [-0.3, -0.25) is 4.79 Å². The maximum Gasteiger partial charge on any atom is 0.306 e. The second-order valence-corrected chi connectivity index (χ2v) is 10.5. The number of carbonyl (C=O) groups excluding carboxylic acids is 1. The Morgan fingerprint density at radius 3 is 2.82 bits per heavy atom. The zero-order chi connectivity index (χ0) is 27.6. The first kappa shape index (κ1) is 26.7. The van der Waals surface area contributed by atoms with Crippen molar-refractivity contribution < 1.29 is 33.2 Å². The van der Waals surface area contributed by atoms with E-state index in [1.807, 2.05) is 30.4 Å². The molecule has 0 radical (unpaired) electrons. The minimum absolute atomic E-state index is 0.0581. The molecular weight excluding hydrogens is 501 g/mol. The molecule has 8 heteroatoms. The summed E-state index contributed by atoms with van der Waals surface area (Å²) in [4.78, 5) is 16.1. The minimum atomic E-state index is -0.763. The molecule has 5 rings (SSSR count). The molecule has 2 aliphatic rings. The highest BCUT2D eigenvalue weighted by Gasteiger charge is 2.32. The highest BCUT2D eigenvalue weighted by atomic mass is 19.1. The summed E-state index contributed by atoms with van der Waals surface area (Å²) >= 11 is 0. The van der Waals surface area contributed by atoms with Crippen LogP contribution in [0.15, 0.2) is 54.7 Å². The van der Waals surface area contributed by atoms with Crippen LogP contribution in [0.4, 0.5) is 4.39 Å². The summed E-state index contributed by atoms with van der Waals surface area (Å²) in [7, 11) is 1.37. The van der Waals surface area contributed by atoms with Crippen LogP contribution in [0.3, 0.4) is 0 Å². The van der Waals surface area contributed by atoms with Crippen LogP contribution in [0, 0.1) is 5.82 Å². The van der Waals surface area contributed by atoms with Gasteiger partial charge in [-0.15, -0.1) is 0 Å². The Balaban J connectivity index is 1.28. The molecule has 204 valence electrons. The Kier molecular flexibility index (Phi) is 7.57. The summed E-state index contributed by atoms with van der Waals surface area (Å²) in [5, 5.41) is 9.84. The molecule has 1 aromatic heterocycles. The molecule has 0 spiro atoms. The monoisotopic (exact) mass is 533 g/mol. The fraction of sp³-hybridized carbons (Fsp3) is 0.355. The van der Waals surface area contributed by atoms with Gasteiger partial charge in [0, 0.05) is 40.9 Å². The van der Waals surface area contributed by atoms with Crippen molar-refractivity contribution in [3.63, 3.8) is 0 Å². The number of fused-ring (bicyclic) bond motifs is 2. The number of halogens is 1. The van der Waals surface area contributed by atoms with Crippen LogP contribution in [0.2, 0.25) is 0 Å². The van der Waals surface area contributed by atoms with Crippen LogP contribution >= 0.6 is 0 Å². The number of carbonyl (C=O) groups is 1. The lowest BCUT2D eigenvalue weighted by Gasteiger charge is -2.17. The first-order valence-electron chi connectivity index (χ1n) is 13.0. The summed E-state index contributed by atoms with van der Waals surface area (Å²) in [6, 6.07) is 12.2. The normalized spacial score (nSPS) is 18.0. The zero-order valence-electron chi connectivity index (χ0n) is 22.3. The minimum Gasteiger partial charge on any atom is -0.492 e. The van der Waals surface area contributed by atoms with Crippen molar-refractivity contribution in [2.45, 2.75) is 57.2 Å². The number of aliphatic hydroxyl groups is 1. The quantitative estimate of drug-likeness (QED) is 0.323. The summed E-state index contributed by atoms with van der Waals surface area (Å²) in [6.45, 7) is 3.92. The van der Waals surface area contributed by atoms with E-state index in [4.69, 9.17) is 18.9 Å². The Hall–Kier alpha value is -3.91. The number of aromatic nitrogens is 1. The van der Waals surface area contributed by atoms with Crippen LogP contribution in [-0.4, -0.2) is 35.4 Å². The molecule has 7 nitrogen and oxygen atoms in total. The van der Waals surface area contributed by atoms with Crippen LogP contribution in [0.5, 0.6) is 23.1 Å². The fourth-order valence-electron chi connectivity index (χ4n) is 4.95. The van der Waals surface area contributed by atoms with Crippen molar-refractivity contribution in [1.29, 1.82) is 0 Å². The third-order valence-corrected chi connectivity index (χ3v) is 6.92. The maximum atomic E-state index is 15.0. The van der Waals surface area contributed by atoms with E-state index in [1.165, 1.54) is 13.2 Å². The molecule has 39 heavy (non-hydrogen) atoms. The molecule has 0 amide bonds. The fourth-order valence-corrected chi connectivity index (χ4v) is 4.95. The number of ether oxygens (including phenoxy) is 4. The van der Waals surface area contributed by atoms with Crippen molar-refractivity contribution in [2.75, 3.05) is 13.7 Å². The van der Waals surface area contributed by atoms with E-state index in [-0.39, 0.29) is 24.1 Å². The van der Waals surface area contributed by atoms with Gasteiger partial charge in [0.2, 0.25) is 5.88 Å². The molecule has 0 unspecified atom stereocenters. The standard InChI is InChI=1S/C31H32FNO6/c1-31(2,35)14-4-5-19-6-13-28(33-17-19)39-25-12-10-24(32)30-23(25)9-11-26(30)38-21-7-8-22-20(15-29(34)36-3)18-37-27(22)16-21/h4-8,10,12-13,16-17,20,26,35H,9,11,14-15,18H2,1-3H3/b5-4+/t20-,26-/m1/s1. The average Bonchev–Trinajstić information content (AvgIpc) is 3.50. The van der Waals surface area contributed by atoms with Crippen LogP contribution in [0.25, 0.3) is 6.08 Å². The van der Waals surface area contributed by atoms with E-state index in [0.717, 1.165) is 16.7 Å². The van der Waals surface area contributed by atoms with Crippen molar-refractivity contribution in [2.24, 2.45) is 0 Å². The molecule has 2 heterocycles. The third-order valence-electron chi connectivity index (χ3n) is 6.92. The number of benzene rings is 2. The van der Waals surface area contributed by atoms with Crippen molar-refractivity contribution in [3.8, 4) is 23.1 Å². The zero-order valence-corrected chi connectivity index (χ0v) is 22.3. The second-order valence-electron chi connectivity index (χ2n) is 10.5. The molecular formula is C31H32FNO6. The third kappa shape index (κ3) is 6.23. The van der Waals surface area contributed by atoms with Crippen molar-refractivity contribution >= 4 is 12.0 Å². The summed E-state index contributed by atoms with van der Waals surface area (Å²) < 4.78 is 37.8. The Labute approximate surface area is 227 Å². The number of esters is 1. The topological polar surface area (TPSA) is 87.1 Å². The van der Waals surface area contributed by atoms with Gasteiger partial charge in [0.05, 0.1) is 25.7 Å². The van der Waals surface area contributed by atoms with Gasteiger partial charge in [-0.25, -0.2) is 9.37 Å². The Morgan fingerprint density at radius 1 is 1.23 bits per heavy atom. The molecule has 0 saturated heterocycles. The summed E-state index contributed by atoms with van der Waals surface area (Å²) in [5.74, 6) is 1.53.